The number of carbonyl (C=O) groups excluding carboxylic acids is 1. The van der Waals surface area contributed by atoms with Crippen LogP contribution >= 0.6 is 11.8 Å². The van der Waals surface area contributed by atoms with E-state index in [-0.39, 0.29) is 5.97 Å². The summed E-state index contributed by atoms with van der Waals surface area (Å²) in [7, 11) is 0. The Morgan fingerprint density at radius 3 is 2.92 bits per heavy atom. The van der Waals surface area contributed by atoms with Gasteiger partial charge in [0.25, 0.3) is 0 Å². The lowest BCUT2D eigenvalue weighted by atomic mass is 9.99. The van der Waals surface area contributed by atoms with E-state index in [1.807, 2.05) is 0 Å². The van der Waals surface area contributed by atoms with E-state index in [9.17, 15) is 9.90 Å². The van der Waals surface area contributed by atoms with Crippen LogP contribution in [0.25, 0.3) is 0 Å². The lowest BCUT2D eigenvalue weighted by Crippen LogP contribution is -2.47. The van der Waals surface area contributed by atoms with Gasteiger partial charge in [-0.05, 0) is 31.5 Å². The molecule has 0 bridgehead atoms. The van der Waals surface area contributed by atoms with Crippen LogP contribution in [0.5, 0.6) is 0 Å². The third-order valence-electron chi connectivity index (χ3n) is 2.34. The number of aliphatic hydroxyl groups is 1. The van der Waals surface area contributed by atoms with Crippen molar-refractivity contribution >= 4 is 17.7 Å². The first-order valence-corrected chi connectivity index (χ1v) is 4.75. The number of ether oxygens (including phenoxy) is 1. The molecule has 1 rings (SSSR count). The van der Waals surface area contributed by atoms with E-state index >= 15 is 0 Å². The highest BCUT2D eigenvalue weighted by atomic mass is 35.5. The molecule has 0 aromatic rings. The van der Waals surface area contributed by atoms with Gasteiger partial charge in [0.1, 0.15) is 5.54 Å². The van der Waals surface area contributed by atoms with Crippen molar-refractivity contribution in [2.75, 3.05) is 6.61 Å². The van der Waals surface area contributed by atoms with Crippen LogP contribution in [-0.2, 0) is 9.53 Å². The predicted octanol–water partition coefficient (Wildman–Crippen LogP) is 0.576. The summed E-state index contributed by atoms with van der Waals surface area (Å²) in [6, 6.07) is 0. The molecule has 1 fully saturated rings. The lowest BCUT2D eigenvalue weighted by Gasteiger charge is -2.23. The molecule has 0 saturated heterocycles. The Kier molecular flexibility index (Phi) is 3.53. The highest BCUT2D eigenvalue weighted by Crippen LogP contribution is 2.31. The molecule has 4 nitrogen and oxygen atoms in total. The van der Waals surface area contributed by atoms with Crippen LogP contribution in [0.1, 0.15) is 26.2 Å². The fourth-order valence-electron chi connectivity index (χ4n) is 1.60. The SMILES string of the molecule is CCOC(=O)C1(NCl)CCC(O)C1. The Morgan fingerprint density at radius 2 is 2.54 bits per heavy atom. The van der Waals surface area contributed by atoms with Gasteiger partial charge in [-0.1, -0.05) is 0 Å². The summed E-state index contributed by atoms with van der Waals surface area (Å²) in [5.41, 5.74) is -0.878. The van der Waals surface area contributed by atoms with E-state index in [0.29, 0.717) is 25.9 Å². The molecular formula is C8H14ClNO3. The molecule has 76 valence electrons. The van der Waals surface area contributed by atoms with Crippen LogP contribution in [0.3, 0.4) is 0 Å². The standard InChI is InChI=1S/C8H14ClNO3/c1-2-13-7(12)8(10-9)4-3-6(11)5-8/h6,10-11H,2-5H2,1H3. The van der Waals surface area contributed by atoms with E-state index in [2.05, 4.69) is 4.84 Å². The van der Waals surface area contributed by atoms with Crippen molar-refractivity contribution in [3.8, 4) is 0 Å². The molecule has 13 heavy (non-hydrogen) atoms. The van der Waals surface area contributed by atoms with Gasteiger partial charge >= 0.3 is 5.97 Å². The summed E-state index contributed by atoms with van der Waals surface area (Å²) in [4.78, 5) is 13.9. The molecule has 5 heteroatoms. The molecule has 1 aliphatic rings. The van der Waals surface area contributed by atoms with Crippen LogP contribution in [-0.4, -0.2) is 29.3 Å². The highest BCUT2D eigenvalue weighted by molar-refractivity contribution is 6.15. The topological polar surface area (TPSA) is 58.6 Å². The summed E-state index contributed by atoms with van der Waals surface area (Å²) in [5.74, 6) is -0.374. The van der Waals surface area contributed by atoms with Crippen LogP contribution in [0.4, 0.5) is 0 Å². The monoisotopic (exact) mass is 207 g/mol. The second-order valence-corrected chi connectivity index (χ2v) is 3.48. The number of carbonyl (C=O) groups is 1. The molecule has 0 spiro atoms. The van der Waals surface area contributed by atoms with Gasteiger partial charge < -0.3 is 9.84 Å². The Morgan fingerprint density at radius 1 is 1.85 bits per heavy atom. The van der Waals surface area contributed by atoms with Crippen LogP contribution in [0.2, 0.25) is 0 Å². The van der Waals surface area contributed by atoms with Crippen molar-refractivity contribution in [3.05, 3.63) is 0 Å². The summed E-state index contributed by atoms with van der Waals surface area (Å²) >= 11 is 5.50. The largest absolute Gasteiger partial charge is 0.465 e. The molecule has 2 N–H and O–H groups in total. The van der Waals surface area contributed by atoms with E-state index in [1.54, 1.807) is 6.92 Å². The molecule has 0 aromatic heterocycles. The number of rotatable bonds is 3. The predicted molar refractivity (Wildman–Crippen MR) is 48.2 cm³/mol. The van der Waals surface area contributed by atoms with Gasteiger partial charge in [-0.3, -0.25) is 4.79 Å². The van der Waals surface area contributed by atoms with Crippen LogP contribution < -0.4 is 4.84 Å². The minimum Gasteiger partial charge on any atom is -0.465 e. The second-order valence-electron chi connectivity index (χ2n) is 3.29. The molecule has 0 aromatic carbocycles. The Bertz CT molecular complexity index is 200. The lowest BCUT2D eigenvalue weighted by molar-refractivity contribution is -0.150. The maximum Gasteiger partial charge on any atom is 0.327 e. The molecule has 0 aliphatic heterocycles. The van der Waals surface area contributed by atoms with Crippen molar-refractivity contribution in [2.24, 2.45) is 0 Å². The third kappa shape index (κ3) is 2.13. The Balaban J connectivity index is 2.64. The molecule has 2 unspecified atom stereocenters. The van der Waals surface area contributed by atoms with Crippen LogP contribution in [0, 0.1) is 0 Å². The molecule has 0 heterocycles. The Hall–Kier alpha value is -0.320. The van der Waals surface area contributed by atoms with E-state index in [0.717, 1.165) is 0 Å². The maximum atomic E-state index is 11.5. The van der Waals surface area contributed by atoms with Gasteiger partial charge in [-0.2, -0.15) is 0 Å². The summed E-state index contributed by atoms with van der Waals surface area (Å²) in [6.45, 7) is 2.07. The fraction of sp³-hybridized carbons (Fsp3) is 0.875. The third-order valence-corrected chi connectivity index (χ3v) is 2.70. The molecule has 1 aliphatic carbocycles. The van der Waals surface area contributed by atoms with Crippen molar-refractivity contribution in [2.45, 2.75) is 37.8 Å². The second kappa shape index (κ2) is 4.26. The molecule has 1 saturated carbocycles. The summed E-state index contributed by atoms with van der Waals surface area (Å²) < 4.78 is 4.87. The first-order valence-electron chi connectivity index (χ1n) is 4.37. The number of halogens is 1. The molecule has 0 radical (unpaired) electrons. The maximum absolute atomic E-state index is 11.5. The van der Waals surface area contributed by atoms with Crippen molar-refractivity contribution in [3.63, 3.8) is 0 Å². The van der Waals surface area contributed by atoms with E-state index < -0.39 is 11.6 Å². The van der Waals surface area contributed by atoms with Gasteiger partial charge in [-0.25, -0.2) is 4.84 Å². The fourth-order valence-corrected chi connectivity index (χ4v) is 1.85. The zero-order valence-electron chi connectivity index (χ0n) is 7.55. The smallest absolute Gasteiger partial charge is 0.327 e. The average molecular weight is 208 g/mol. The summed E-state index contributed by atoms with van der Waals surface area (Å²) in [5, 5.41) is 9.31. The number of esters is 1. The van der Waals surface area contributed by atoms with Gasteiger partial charge in [-0.15, -0.1) is 0 Å². The first-order chi connectivity index (χ1) is 6.14. The number of hydrogen-bond acceptors (Lipinski definition) is 4. The van der Waals surface area contributed by atoms with E-state index in [1.165, 1.54) is 0 Å². The number of nitrogens with one attached hydrogen (secondary N) is 1. The summed E-state index contributed by atoms with van der Waals surface area (Å²) in [6.07, 6.45) is 0.973. The molecule has 0 amide bonds. The van der Waals surface area contributed by atoms with Crippen molar-refractivity contribution in [1.29, 1.82) is 0 Å². The van der Waals surface area contributed by atoms with Gasteiger partial charge in [0.2, 0.25) is 0 Å². The molecule has 2 atom stereocenters. The minimum absolute atomic E-state index is 0.329. The average Bonchev–Trinajstić information content (AvgIpc) is 2.49. The van der Waals surface area contributed by atoms with Gasteiger partial charge in [0, 0.05) is 6.42 Å². The number of aliphatic hydroxyl groups excluding tert-OH is 1. The Labute approximate surface area is 82.3 Å². The minimum atomic E-state index is -0.878. The van der Waals surface area contributed by atoms with Gasteiger partial charge in [0.15, 0.2) is 0 Å². The zero-order chi connectivity index (χ0) is 9.90. The quantitative estimate of drug-likeness (QED) is 0.525. The zero-order valence-corrected chi connectivity index (χ0v) is 8.30. The van der Waals surface area contributed by atoms with Crippen LogP contribution in [0.15, 0.2) is 0 Å². The van der Waals surface area contributed by atoms with E-state index in [4.69, 9.17) is 16.5 Å². The van der Waals surface area contributed by atoms with Gasteiger partial charge in [0.05, 0.1) is 12.7 Å². The highest BCUT2D eigenvalue weighted by Gasteiger charge is 2.45. The number of hydrogen-bond donors (Lipinski definition) is 2. The molecular weight excluding hydrogens is 194 g/mol. The first kappa shape index (κ1) is 10.8. The van der Waals surface area contributed by atoms with Crippen molar-refractivity contribution in [1.82, 2.24) is 4.84 Å². The normalized spacial score (nSPS) is 33.3. The van der Waals surface area contributed by atoms with Crippen molar-refractivity contribution < 1.29 is 14.6 Å².